The van der Waals surface area contributed by atoms with Crippen LogP contribution in [0.2, 0.25) is 0 Å². The van der Waals surface area contributed by atoms with Gasteiger partial charge in [-0.25, -0.2) is 9.97 Å². The predicted octanol–water partition coefficient (Wildman–Crippen LogP) is 0.255. The van der Waals surface area contributed by atoms with E-state index >= 15 is 0 Å². The molecular weight excluding hydrogens is 242 g/mol. The molecule has 1 aliphatic heterocycles. The van der Waals surface area contributed by atoms with E-state index in [9.17, 15) is 4.79 Å². The zero-order valence-corrected chi connectivity index (χ0v) is 11.6. The molecule has 1 amide bonds. The second-order valence-electron chi connectivity index (χ2n) is 4.80. The van der Waals surface area contributed by atoms with Crippen LogP contribution in [0, 0.1) is 0 Å². The number of aromatic nitrogens is 2. The number of nitrogens with one attached hydrogen (secondary N) is 1. The minimum absolute atomic E-state index is 0.114. The van der Waals surface area contributed by atoms with Gasteiger partial charge in [-0.05, 0) is 13.0 Å². The van der Waals surface area contributed by atoms with Crippen LogP contribution in [0.1, 0.15) is 18.9 Å². The molecule has 0 atom stereocenters. The molecule has 6 heteroatoms. The van der Waals surface area contributed by atoms with Crippen molar-refractivity contribution in [1.82, 2.24) is 20.2 Å². The largest absolute Gasteiger partial charge is 0.342 e. The second kappa shape index (κ2) is 6.47. The van der Waals surface area contributed by atoms with Gasteiger partial charge in [0.25, 0.3) is 0 Å². The highest BCUT2D eigenvalue weighted by Crippen LogP contribution is 2.10. The minimum atomic E-state index is 0.114. The lowest BCUT2D eigenvalue weighted by Crippen LogP contribution is -2.49. The highest BCUT2D eigenvalue weighted by molar-refractivity contribution is 5.81. The maximum absolute atomic E-state index is 11.6. The van der Waals surface area contributed by atoms with Crippen LogP contribution in [0.15, 0.2) is 12.4 Å². The van der Waals surface area contributed by atoms with Crippen LogP contribution in [0.4, 0.5) is 5.95 Å². The van der Waals surface area contributed by atoms with Crippen molar-refractivity contribution in [3.8, 4) is 0 Å². The third-order valence-electron chi connectivity index (χ3n) is 3.19. The zero-order valence-electron chi connectivity index (χ0n) is 11.6. The Labute approximate surface area is 113 Å². The summed E-state index contributed by atoms with van der Waals surface area (Å²) in [4.78, 5) is 24.0. The predicted molar refractivity (Wildman–Crippen MR) is 73.9 cm³/mol. The molecule has 1 N–H and O–H groups in total. The monoisotopic (exact) mass is 263 g/mol. The van der Waals surface area contributed by atoms with Gasteiger partial charge in [-0.3, -0.25) is 4.79 Å². The van der Waals surface area contributed by atoms with Gasteiger partial charge < -0.3 is 15.1 Å². The van der Waals surface area contributed by atoms with E-state index in [0.29, 0.717) is 12.5 Å². The van der Waals surface area contributed by atoms with Crippen molar-refractivity contribution in [2.24, 2.45) is 0 Å². The van der Waals surface area contributed by atoms with Gasteiger partial charge in [0.2, 0.25) is 11.9 Å². The minimum Gasteiger partial charge on any atom is -0.342 e. The fraction of sp³-hybridized carbons (Fsp3) is 0.615. The molecule has 1 aromatic heterocycles. The van der Waals surface area contributed by atoms with Gasteiger partial charge in [0.05, 0.1) is 6.54 Å². The first kappa shape index (κ1) is 13.7. The molecule has 1 aromatic rings. The maximum atomic E-state index is 11.6. The molecule has 104 valence electrons. The molecule has 2 rings (SSSR count). The van der Waals surface area contributed by atoms with Crippen LogP contribution in [0.5, 0.6) is 0 Å². The van der Waals surface area contributed by atoms with E-state index in [2.05, 4.69) is 22.2 Å². The summed E-state index contributed by atoms with van der Waals surface area (Å²) in [6.07, 6.45) is 4.77. The SMILES string of the molecule is CCCNCc1cnc(N2CCN(C)C(=O)C2)nc1. The molecule has 0 bridgehead atoms. The molecule has 0 spiro atoms. The number of hydrogen-bond acceptors (Lipinski definition) is 5. The average molecular weight is 263 g/mol. The summed E-state index contributed by atoms with van der Waals surface area (Å²) in [5.74, 6) is 0.754. The highest BCUT2D eigenvalue weighted by atomic mass is 16.2. The number of nitrogens with zero attached hydrogens (tertiary/aromatic N) is 4. The van der Waals surface area contributed by atoms with E-state index in [4.69, 9.17) is 0 Å². The molecule has 19 heavy (non-hydrogen) atoms. The van der Waals surface area contributed by atoms with Crippen LogP contribution in [-0.2, 0) is 11.3 Å². The van der Waals surface area contributed by atoms with Crippen molar-refractivity contribution >= 4 is 11.9 Å². The van der Waals surface area contributed by atoms with Crippen LogP contribution in [0.3, 0.4) is 0 Å². The van der Waals surface area contributed by atoms with E-state index < -0.39 is 0 Å². The third-order valence-corrected chi connectivity index (χ3v) is 3.19. The molecule has 2 heterocycles. The second-order valence-corrected chi connectivity index (χ2v) is 4.80. The Balaban J connectivity index is 1.93. The number of amides is 1. The Morgan fingerprint density at radius 1 is 1.32 bits per heavy atom. The van der Waals surface area contributed by atoms with Crippen LogP contribution < -0.4 is 10.2 Å². The van der Waals surface area contributed by atoms with Crippen molar-refractivity contribution in [3.63, 3.8) is 0 Å². The Morgan fingerprint density at radius 3 is 2.68 bits per heavy atom. The molecule has 0 unspecified atom stereocenters. The van der Waals surface area contributed by atoms with Crippen molar-refractivity contribution in [2.45, 2.75) is 19.9 Å². The molecule has 0 aromatic carbocycles. The van der Waals surface area contributed by atoms with Gasteiger partial charge in [0.15, 0.2) is 0 Å². The molecule has 1 fully saturated rings. The molecule has 0 aliphatic carbocycles. The highest BCUT2D eigenvalue weighted by Gasteiger charge is 2.22. The number of piperazine rings is 1. The summed E-state index contributed by atoms with van der Waals surface area (Å²) >= 11 is 0. The van der Waals surface area contributed by atoms with Gasteiger partial charge in [-0.2, -0.15) is 0 Å². The van der Waals surface area contributed by atoms with Crippen molar-refractivity contribution < 1.29 is 4.79 Å². The van der Waals surface area contributed by atoms with Gasteiger partial charge in [0, 0.05) is 44.6 Å². The quantitative estimate of drug-likeness (QED) is 0.772. The smallest absolute Gasteiger partial charge is 0.242 e. The van der Waals surface area contributed by atoms with Gasteiger partial charge >= 0.3 is 0 Å². The summed E-state index contributed by atoms with van der Waals surface area (Å²) in [6, 6.07) is 0. The summed E-state index contributed by atoms with van der Waals surface area (Å²) in [5.41, 5.74) is 1.07. The fourth-order valence-corrected chi connectivity index (χ4v) is 1.94. The number of anilines is 1. The first-order valence-electron chi connectivity index (χ1n) is 6.71. The number of rotatable bonds is 5. The van der Waals surface area contributed by atoms with Crippen molar-refractivity contribution in [3.05, 3.63) is 18.0 Å². The van der Waals surface area contributed by atoms with Crippen molar-refractivity contribution in [1.29, 1.82) is 0 Å². The van der Waals surface area contributed by atoms with E-state index in [1.54, 1.807) is 4.90 Å². The first-order valence-corrected chi connectivity index (χ1v) is 6.71. The number of hydrogen-bond donors (Lipinski definition) is 1. The Kier molecular flexibility index (Phi) is 4.68. The Bertz CT molecular complexity index is 420. The van der Waals surface area contributed by atoms with Gasteiger partial charge in [-0.15, -0.1) is 0 Å². The summed E-state index contributed by atoms with van der Waals surface area (Å²) in [6.45, 7) is 5.79. The zero-order chi connectivity index (χ0) is 13.7. The summed E-state index contributed by atoms with van der Waals surface area (Å²) in [5, 5.41) is 3.31. The Hall–Kier alpha value is -1.69. The summed E-state index contributed by atoms with van der Waals surface area (Å²) in [7, 11) is 1.82. The summed E-state index contributed by atoms with van der Waals surface area (Å²) < 4.78 is 0. The van der Waals surface area contributed by atoms with Crippen LogP contribution in [0.25, 0.3) is 0 Å². The van der Waals surface area contributed by atoms with E-state index in [0.717, 1.165) is 38.2 Å². The van der Waals surface area contributed by atoms with Gasteiger partial charge in [-0.1, -0.05) is 6.92 Å². The van der Waals surface area contributed by atoms with Gasteiger partial charge in [0.1, 0.15) is 0 Å². The molecule has 1 aliphatic rings. The third kappa shape index (κ3) is 3.64. The molecule has 1 saturated heterocycles. The van der Waals surface area contributed by atoms with E-state index in [1.807, 2.05) is 24.3 Å². The lowest BCUT2D eigenvalue weighted by Gasteiger charge is -2.31. The normalized spacial score (nSPS) is 16.0. The lowest BCUT2D eigenvalue weighted by molar-refractivity contribution is -0.129. The van der Waals surface area contributed by atoms with E-state index in [-0.39, 0.29) is 5.91 Å². The fourth-order valence-electron chi connectivity index (χ4n) is 1.94. The number of likely N-dealkylation sites (N-methyl/N-ethyl adjacent to an activating group) is 1. The number of carbonyl (C=O) groups excluding carboxylic acids is 1. The lowest BCUT2D eigenvalue weighted by atomic mass is 10.3. The van der Waals surface area contributed by atoms with E-state index in [1.165, 1.54) is 0 Å². The van der Waals surface area contributed by atoms with Crippen LogP contribution in [-0.4, -0.2) is 54.0 Å². The number of carbonyl (C=O) groups is 1. The molecule has 6 nitrogen and oxygen atoms in total. The Morgan fingerprint density at radius 2 is 2.05 bits per heavy atom. The average Bonchev–Trinajstić information content (AvgIpc) is 2.43. The standard InChI is InChI=1S/C13H21N5O/c1-3-4-14-7-11-8-15-13(16-9-11)18-6-5-17(2)12(19)10-18/h8-9,14H,3-7,10H2,1-2H3. The van der Waals surface area contributed by atoms with Crippen LogP contribution >= 0.6 is 0 Å². The topological polar surface area (TPSA) is 61.4 Å². The molecule has 0 saturated carbocycles. The van der Waals surface area contributed by atoms with Crippen molar-refractivity contribution in [2.75, 3.05) is 38.1 Å². The molecular formula is C13H21N5O. The first-order chi connectivity index (χ1) is 9.20. The maximum Gasteiger partial charge on any atom is 0.242 e. The molecule has 0 radical (unpaired) electrons.